The molecule has 3 rings (SSSR count). The van der Waals surface area contributed by atoms with Crippen molar-refractivity contribution in [3.05, 3.63) is 30.4 Å². The average Bonchev–Trinajstić information content (AvgIpc) is 2.86. The topological polar surface area (TPSA) is 70.5 Å². The van der Waals surface area contributed by atoms with E-state index >= 15 is 0 Å². The van der Waals surface area contributed by atoms with E-state index in [4.69, 9.17) is 19.6 Å². The van der Waals surface area contributed by atoms with Gasteiger partial charge in [0.1, 0.15) is 24.7 Å². The van der Waals surface area contributed by atoms with Gasteiger partial charge in [-0.1, -0.05) is 0 Å². The summed E-state index contributed by atoms with van der Waals surface area (Å²) >= 11 is 0. The molecule has 17 heavy (non-hydrogen) atoms. The molecule has 0 unspecified atom stereocenters. The Morgan fingerprint density at radius 2 is 2.00 bits per heavy atom. The minimum absolute atomic E-state index is 0.323. The molecular weight excluding hydrogens is 220 g/mol. The molecule has 5 nitrogen and oxygen atoms in total. The van der Waals surface area contributed by atoms with E-state index in [9.17, 15) is 0 Å². The number of hydrogen-bond donors (Lipinski definition) is 1. The van der Waals surface area contributed by atoms with E-state index in [1.165, 1.54) is 6.39 Å². The fourth-order valence-electron chi connectivity index (χ4n) is 1.84. The Morgan fingerprint density at radius 3 is 2.82 bits per heavy atom. The fourth-order valence-corrected chi connectivity index (χ4v) is 1.84. The van der Waals surface area contributed by atoms with Gasteiger partial charge in [-0.3, -0.25) is 0 Å². The summed E-state index contributed by atoms with van der Waals surface area (Å²) in [6.07, 6.45) is 1.40. The molecule has 2 aromatic rings. The third kappa shape index (κ3) is 1.74. The second-order valence-corrected chi connectivity index (χ2v) is 3.69. The van der Waals surface area contributed by atoms with E-state index < -0.39 is 0 Å². The molecule has 2 heterocycles. The highest BCUT2D eigenvalue weighted by Gasteiger charge is 2.15. The first-order valence-corrected chi connectivity index (χ1v) is 5.41. The molecule has 0 saturated heterocycles. The maximum atomic E-state index is 5.58. The molecule has 1 aliphatic heterocycles. The Morgan fingerprint density at radius 1 is 1.18 bits per heavy atom. The van der Waals surface area contributed by atoms with Crippen LogP contribution in [-0.2, 0) is 6.54 Å². The zero-order valence-electron chi connectivity index (χ0n) is 9.18. The van der Waals surface area contributed by atoms with Gasteiger partial charge in [0.2, 0.25) is 0 Å². The number of benzene rings is 1. The van der Waals surface area contributed by atoms with Crippen molar-refractivity contribution in [2.24, 2.45) is 5.73 Å². The van der Waals surface area contributed by atoms with Gasteiger partial charge in [-0.2, -0.15) is 0 Å². The largest absolute Gasteiger partial charge is 0.486 e. The van der Waals surface area contributed by atoms with Gasteiger partial charge in [0.15, 0.2) is 17.9 Å². The second kappa shape index (κ2) is 4.10. The van der Waals surface area contributed by atoms with Crippen molar-refractivity contribution in [2.75, 3.05) is 13.2 Å². The molecule has 1 aromatic heterocycles. The van der Waals surface area contributed by atoms with Gasteiger partial charge in [-0.25, -0.2) is 4.98 Å². The standard InChI is InChI=1S/C12H12N2O3/c13-6-11-12(14-7-17-11)8-1-2-9-10(5-8)16-4-3-15-9/h1-2,5,7H,3-4,6,13H2. The SMILES string of the molecule is NCc1ocnc1-c1ccc2c(c1)OCCO2. The van der Waals surface area contributed by atoms with Crippen molar-refractivity contribution in [2.45, 2.75) is 6.54 Å². The van der Waals surface area contributed by atoms with Gasteiger partial charge in [0.25, 0.3) is 0 Å². The average molecular weight is 232 g/mol. The molecule has 0 fully saturated rings. The molecule has 0 spiro atoms. The van der Waals surface area contributed by atoms with Crippen LogP contribution in [0.15, 0.2) is 29.0 Å². The Hall–Kier alpha value is -2.01. The van der Waals surface area contributed by atoms with Crippen molar-refractivity contribution in [3.63, 3.8) is 0 Å². The number of ether oxygens (including phenoxy) is 2. The highest BCUT2D eigenvalue weighted by Crippen LogP contribution is 2.34. The molecule has 88 valence electrons. The molecule has 2 N–H and O–H groups in total. The van der Waals surface area contributed by atoms with Crippen molar-refractivity contribution < 1.29 is 13.9 Å². The third-order valence-electron chi connectivity index (χ3n) is 2.64. The molecule has 0 saturated carbocycles. The number of hydrogen-bond acceptors (Lipinski definition) is 5. The van der Waals surface area contributed by atoms with Crippen LogP contribution in [0.5, 0.6) is 11.5 Å². The van der Waals surface area contributed by atoms with Gasteiger partial charge >= 0.3 is 0 Å². The summed E-state index contributed by atoms with van der Waals surface area (Å²) in [6.45, 7) is 1.48. The van der Waals surface area contributed by atoms with Gasteiger partial charge in [-0.05, 0) is 18.2 Å². The molecule has 1 aliphatic rings. The summed E-state index contributed by atoms with van der Waals surface area (Å²) in [4.78, 5) is 4.16. The number of nitrogens with zero attached hydrogens (tertiary/aromatic N) is 1. The Labute approximate surface area is 98.2 Å². The van der Waals surface area contributed by atoms with E-state index in [0.717, 1.165) is 22.8 Å². The van der Waals surface area contributed by atoms with Crippen LogP contribution in [-0.4, -0.2) is 18.2 Å². The van der Waals surface area contributed by atoms with E-state index in [1.54, 1.807) is 0 Å². The summed E-state index contributed by atoms with van der Waals surface area (Å²) < 4.78 is 16.2. The molecular formula is C12H12N2O3. The third-order valence-corrected chi connectivity index (χ3v) is 2.64. The Bertz CT molecular complexity index is 536. The predicted octanol–water partition coefficient (Wildman–Crippen LogP) is 1.57. The zero-order valence-corrected chi connectivity index (χ0v) is 9.18. The maximum absolute atomic E-state index is 5.58. The predicted molar refractivity (Wildman–Crippen MR) is 60.8 cm³/mol. The number of oxazole rings is 1. The van der Waals surface area contributed by atoms with Crippen LogP contribution in [0.1, 0.15) is 5.76 Å². The smallest absolute Gasteiger partial charge is 0.181 e. The van der Waals surface area contributed by atoms with Crippen molar-refractivity contribution in [1.29, 1.82) is 0 Å². The summed E-state index contributed by atoms with van der Waals surface area (Å²) in [6, 6.07) is 5.69. The first-order valence-electron chi connectivity index (χ1n) is 5.41. The molecule has 1 aromatic carbocycles. The fraction of sp³-hybridized carbons (Fsp3) is 0.250. The quantitative estimate of drug-likeness (QED) is 0.851. The summed E-state index contributed by atoms with van der Waals surface area (Å²) in [5, 5.41) is 0. The van der Waals surface area contributed by atoms with Gasteiger partial charge in [0.05, 0.1) is 6.54 Å². The molecule has 0 bridgehead atoms. The molecule has 0 aliphatic carbocycles. The van der Waals surface area contributed by atoms with E-state index in [-0.39, 0.29) is 0 Å². The van der Waals surface area contributed by atoms with Crippen LogP contribution in [0, 0.1) is 0 Å². The van der Waals surface area contributed by atoms with Crippen LogP contribution in [0.25, 0.3) is 11.3 Å². The maximum Gasteiger partial charge on any atom is 0.181 e. The minimum atomic E-state index is 0.323. The normalized spacial score (nSPS) is 13.7. The van der Waals surface area contributed by atoms with E-state index in [1.807, 2.05) is 18.2 Å². The van der Waals surface area contributed by atoms with Crippen LogP contribution in [0.3, 0.4) is 0 Å². The summed E-state index contributed by atoms with van der Waals surface area (Å²) in [5.41, 5.74) is 7.25. The summed E-state index contributed by atoms with van der Waals surface area (Å²) in [5.74, 6) is 2.17. The van der Waals surface area contributed by atoms with Crippen LogP contribution in [0.4, 0.5) is 0 Å². The second-order valence-electron chi connectivity index (χ2n) is 3.69. The Balaban J connectivity index is 2.04. The molecule has 5 heteroatoms. The summed E-state index contributed by atoms with van der Waals surface area (Å²) in [7, 11) is 0. The lowest BCUT2D eigenvalue weighted by Crippen LogP contribution is -2.15. The van der Waals surface area contributed by atoms with Gasteiger partial charge in [0, 0.05) is 5.56 Å². The monoisotopic (exact) mass is 232 g/mol. The molecule has 0 atom stereocenters. The highest BCUT2D eigenvalue weighted by atomic mass is 16.6. The minimum Gasteiger partial charge on any atom is -0.486 e. The van der Waals surface area contributed by atoms with E-state index in [2.05, 4.69) is 4.98 Å². The molecule has 0 amide bonds. The lowest BCUT2D eigenvalue weighted by Gasteiger charge is -2.18. The number of fused-ring (bicyclic) bond motifs is 1. The highest BCUT2D eigenvalue weighted by molar-refractivity contribution is 5.65. The number of aromatic nitrogens is 1. The first kappa shape index (κ1) is 10.2. The first-order chi connectivity index (χ1) is 8.38. The van der Waals surface area contributed by atoms with Gasteiger partial charge in [-0.15, -0.1) is 0 Å². The van der Waals surface area contributed by atoms with E-state index in [0.29, 0.717) is 25.5 Å². The number of rotatable bonds is 2. The van der Waals surface area contributed by atoms with Crippen LogP contribution >= 0.6 is 0 Å². The van der Waals surface area contributed by atoms with Crippen molar-refractivity contribution in [3.8, 4) is 22.8 Å². The lowest BCUT2D eigenvalue weighted by atomic mass is 10.1. The zero-order chi connectivity index (χ0) is 11.7. The Kier molecular flexibility index (Phi) is 2.45. The molecule has 0 radical (unpaired) electrons. The van der Waals surface area contributed by atoms with Crippen LogP contribution < -0.4 is 15.2 Å². The lowest BCUT2D eigenvalue weighted by molar-refractivity contribution is 0.171. The number of nitrogens with two attached hydrogens (primary N) is 1. The van der Waals surface area contributed by atoms with Crippen LogP contribution in [0.2, 0.25) is 0 Å². The van der Waals surface area contributed by atoms with Crippen molar-refractivity contribution >= 4 is 0 Å². The van der Waals surface area contributed by atoms with Gasteiger partial charge < -0.3 is 19.6 Å². The van der Waals surface area contributed by atoms with Crippen molar-refractivity contribution in [1.82, 2.24) is 4.98 Å².